The van der Waals surface area contributed by atoms with Crippen molar-refractivity contribution in [3.8, 4) is 11.6 Å². The summed E-state index contributed by atoms with van der Waals surface area (Å²) < 4.78 is 12.9. The van der Waals surface area contributed by atoms with E-state index < -0.39 is 18.0 Å². The normalized spacial score (nSPS) is 11.5. The number of pyridine rings is 1. The van der Waals surface area contributed by atoms with Crippen LogP contribution in [0.4, 0.5) is 5.69 Å². The zero-order valence-corrected chi connectivity index (χ0v) is 18.8. The van der Waals surface area contributed by atoms with Crippen LogP contribution in [0.25, 0.3) is 5.82 Å². The summed E-state index contributed by atoms with van der Waals surface area (Å²) in [6, 6.07) is 21.4. The number of nitrogens with one attached hydrogen (secondary N) is 1. The quantitative estimate of drug-likeness (QED) is 0.392. The van der Waals surface area contributed by atoms with Gasteiger partial charge in [0.05, 0.1) is 24.2 Å². The van der Waals surface area contributed by atoms with Crippen LogP contribution in [0.1, 0.15) is 34.6 Å². The minimum atomic E-state index is -1.18. The summed E-state index contributed by atoms with van der Waals surface area (Å²) in [5.74, 6) is -0.0591. The SMILES string of the molecule is CCOc1ccccc1NC(=O)C(OC(=O)c1cnn(-c2ccccn2)c1C)c1ccccc1. The molecule has 172 valence electrons. The van der Waals surface area contributed by atoms with Crippen molar-refractivity contribution < 1.29 is 19.1 Å². The second-order valence-electron chi connectivity index (χ2n) is 7.36. The van der Waals surface area contributed by atoms with Crippen LogP contribution in [-0.4, -0.2) is 33.2 Å². The van der Waals surface area contributed by atoms with Gasteiger partial charge in [0.2, 0.25) is 6.10 Å². The molecule has 2 aromatic heterocycles. The smallest absolute Gasteiger partial charge is 0.342 e. The first-order valence-corrected chi connectivity index (χ1v) is 10.8. The van der Waals surface area contributed by atoms with Crippen molar-refractivity contribution in [1.82, 2.24) is 14.8 Å². The molecular formula is C26H24N4O4. The first-order chi connectivity index (χ1) is 16.6. The third kappa shape index (κ3) is 4.96. The fraction of sp³-hybridized carbons (Fsp3) is 0.154. The monoisotopic (exact) mass is 456 g/mol. The van der Waals surface area contributed by atoms with Gasteiger partial charge in [0.1, 0.15) is 11.3 Å². The number of rotatable bonds is 8. The van der Waals surface area contributed by atoms with E-state index in [0.717, 1.165) is 0 Å². The van der Waals surface area contributed by atoms with Crippen molar-refractivity contribution >= 4 is 17.6 Å². The van der Waals surface area contributed by atoms with E-state index in [2.05, 4.69) is 15.4 Å². The Morgan fingerprint density at radius 2 is 1.74 bits per heavy atom. The van der Waals surface area contributed by atoms with Gasteiger partial charge in [0.15, 0.2) is 5.82 Å². The third-order valence-corrected chi connectivity index (χ3v) is 5.11. The van der Waals surface area contributed by atoms with Gasteiger partial charge in [-0.3, -0.25) is 4.79 Å². The highest BCUT2D eigenvalue weighted by Gasteiger charge is 2.28. The second kappa shape index (κ2) is 10.4. The average Bonchev–Trinajstić information content (AvgIpc) is 3.26. The number of carbonyl (C=O) groups excluding carboxylic acids is 2. The molecule has 0 saturated carbocycles. The number of para-hydroxylation sites is 2. The Balaban J connectivity index is 1.60. The lowest BCUT2D eigenvalue weighted by Crippen LogP contribution is -2.26. The average molecular weight is 457 g/mol. The number of benzene rings is 2. The summed E-state index contributed by atoms with van der Waals surface area (Å²) in [4.78, 5) is 30.7. The molecule has 8 heteroatoms. The molecule has 4 aromatic rings. The molecule has 2 aromatic carbocycles. The number of esters is 1. The van der Waals surface area contributed by atoms with Crippen LogP contribution in [0, 0.1) is 6.92 Å². The molecule has 0 aliphatic heterocycles. The van der Waals surface area contributed by atoms with E-state index in [1.807, 2.05) is 25.1 Å². The minimum Gasteiger partial charge on any atom is -0.492 e. The van der Waals surface area contributed by atoms with Crippen LogP contribution in [0.15, 0.2) is 85.2 Å². The topological polar surface area (TPSA) is 95.3 Å². The zero-order valence-electron chi connectivity index (χ0n) is 18.8. The summed E-state index contributed by atoms with van der Waals surface area (Å²) in [6.45, 7) is 4.05. The predicted molar refractivity (Wildman–Crippen MR) is 127 cm³/mol. The number of nitrogens with zero attached hydrogens (tertiary/aromatic N) is 3. The Morgan fingerprint density at radius 1 is 1.00 bits per heavy atom. The maximum atomic E-state index is 13.3. The summed E-state index contributed by atoms with van der Waals surface area (Å²) in [5, 5.41) is 7.09. The molecule has 1 N–H and O–H groups in total. The Kier molecular flexibility index (Phi) is 6.98. The molecule has 0 aliphatic carbocycles. The third-order valence-electron chi connectivity index (χ3n) is 5.11. The molecule has 2 heterocycles. The first kappa shape index (κ1) is 22.7. The number of carbonyl (C=O) groups is 2. The predicted octanol–water partition coefficient (Wildman–Crippen LogP) is 4.51. The van der Waals surface area contributed by atoms with Gasteiger partial charge in [-0.05, 0) is 38.1 Å². The van der Waals surface area contributed by atoms with Crippen LogP contribution < -0.4 is 10.1 Å². The van der Waals surface area contributed by atoms with Crippen molar-refractivity contribution in [2.24, 2.45) is 0 Å². The minimum absolute atomic E-state index is 0.245. The summed E-state index contributed by atoms with van der Waals surface area (Å²) in [6.07, 6.45) is 1.88. The fourth-order valence-electron chi connectivity index (χ4n) is 3.44. The van der Waals surface area contributed by atoms with Gasteiger partial charge in [-0.15, -0.1) is 0 Å². The number of hydrogen-bond donors (Lipinski definition) is 1. The second-order valence-corrected chi connectivity index (χ2v) is 7.36. The Morgan fingerprint density at radius 3 is 2.47 bits per heavy atom. The molecular weight excluding hydrogens is 432 g/mol. The van der Waals surface area contributed by atoms with Gasteiger partial charge in [-0.25, -0.2) is 14.5 Å². The summed E-state index contributed by atoms with van der Waals surface area (Å²) >= 11 is 0. The summed E-state index contributed by atoms with van der Waals surface area (Å²) in [5.41, 5.74) is 1.83. The van der Waals surface area contributed by atoms with Gasteiger partial charge in [0, 0.05) is 11.8 Å². The van der Waals surface area contributed by atoms with Gasteiger partial charge >= 0.3 is 5.97 Å². The van der Waals surface area contributed by atoms with Crippen LogP contribution in [0.2, 0.25) is 0 Å². The molecule has 0 fully saturated rings. The molecule has 0 aliphatic rings. The molecule has 8 nitrogen and oxygen atoms in total. The lowest BCUT2D eigenvalue weighted by Gasteiger charge is -2.19. The van der Waals surface area contributed by atoms with Gasteiger partial charge in [-0.2, -0.15) is 5.10 Å². The number of aromatic nitrogens is 3. The maximum Gasteiger partial charge on any atom is 0.342 e. The van der Waals surface area contributed by atoms with Gasteiger partial charge in [0.25, 0.3) is 5.91 Å². The molecule has 34 heavy (non-hydrogen) atoms. The summed E-state index contributed by atoms with van der Waals surface area (Å²) in [7, 11) is 0. The van der Waals surface area contributed by atoms with Crippen LogP contribution >= 0.6 is 0 Å². The molecule has 0 bridgehead atoms. The lowest BCUT2D eigenvalue weighted by molar-refractivity contribution is -0.125. The van der Waals surface area contributed by atoms with Crippen molar-refractivity contribution in [2.75, 3.05) is 11.9 Å². The van der Waals surface area contributed by atoms with E-state index in [-0.39, 0.29) is 5.56 Å². The number of hydrogen-bond acceptors (Lipinski definition) is 6. The van der Waals surface area contributed by atoms with E-state index in [1.54, 1.807) is 72.4 Å². The Bertz CT molecular complexity index is 1270. The molecule has 0 saturated heterocycles. The van der Waals surface area contributed by atoms with Crippen LogP contribution in [0.5, 0.6) is 5.75 Å². The van der Waals surface area contributed by atoms with E-state index in [0.29, 0.717) is 35.1 Å². The van der Waals surface area contributed by atoms with Crippen molar-refractivity contribution in [2.45, 2.75) is 20.0 Å². The number of anilines is 1. The standard InChI is InChI=1S/C26H24N4O4/c1-3-33-22-14-8-7-13-21(22)29-25(31)24(19-11-5-4-6-12-19)34-26(32)20-17-28-30(18(20)2)23-15-9-10-16-27-23/h4-17,24H,3H2,1-2H3,(H,29,31). The highest BCUT2D eigenvalue weighted by Crippen LogP contribution is 2.27. The largest absolute Gasteiger partial charge is 0.492 e. The highest BCUT2D eigenvalue weighted by molar-refractivity contribution is 5.99. The van der Waals surface area contributed by atoms with Crippen LogP contribution in [-0.2, 0) is 9.53 Å². The molecule has 1 amide bonds. The molecule has 4 rings (SSSR count). The highest BCUT2D eigenvalue weighted by atomic mass is 16.5. The molecule has 0 radical (unpaired) electrons. The fourth-order valence-corrected chi connectivity index (χ4v) is 3.44. The Labute approximate surface area is 197 Å². The Hall–Kier alpha value is -4.46. The zero-order chi connectivity index (χ0) is 23.9. The molecule has 0 spiro atoms. The number of ether oxygens (including phenoxy) is 2. The number of amides is 1. The maximum absolute atomic E-state index is 13.3. The molecule has 1 unspecified atom stereocenters. The van der Waals surface area contributed by atoms with E-state index in [1.165, 1.54) is 6.20 Å². The first-order valence-electron chi connectivity index (χ1n) is 10.8. The van der Waals surface area contributed by atoms with Crippen molar-refractivity contribution in [3.05, 3.63) is 102 Å². The van der Waals surface area contributed by atoms with Gasteiger partial charge < -0.3 is 14.8 Å². The van der Waals surface area contributed by atoms with Crippen molar-refractivity contribution in [3.63, 3.8) is 0 Å². The molecule has 1 atom stereocenters. The van der Waals surface area contributed by atoms with Crippen molar-refractivity contribution in [1.29, 1.82) is 0 Å². The van der Waals surface area contributed by atoms with E-state index in [9.17, 15) is 9.59 Å². The van der Waals surface area contributed by atoms with Crippen LogP contribution in [0.3, 0.4) is 0 Å². The van der Waals surface area contributed by atoms with E-state index >= 15 is 0 Å². The van der Waals surface area contributed by atoms with Gasteiger partial charge in [-0.1, -0.05) is 48.5 Å². The lowest BCUT2D eigenvalue weighted by atomic mass is 10.1. The van der Waals surface area contributed by atoms with E-state index in [4.69, 9.17) is 9.47 Å².